The number of halogens is 1. The van der Waals surface area contributed by atoms with Gasteiger partial charge in [-0.05, 0) is 43.5 Å². The lowest BCUT2D eigenvalue weighted by Gasteiger charge is -2.17. The Morgan fingerprint density at radius 2 is 1.90 bits per heavy atom. The van der Waals surface area contributed by atoms with Gasteiger partial charge in [-0.1, -0.05) is 42.0 Å². The Morgan fingerprint density at radius 1 is 1.19 bits per heavy atom. The van der Waals surface area contributed by atoms with Crippen molar-refractivity contribution in [2.75, 3.05) is 0 Å². The average molecular weight is 285 g/mol. The van der Waals surface area contributed by atoms with Crippen molar-refractivity contribution in [3.8, 4) is 0 Å². The van der Waals surface area contributed by atoms with Gasteiger partial charge in [-0.15, -0.1) is 0 Å². The van der Waals surface area contributed by atoms with E-state index in [-0.39, 0.29) is 24.2 Å². The van der Waals surface area contributed by atoms with Gasteiger partial charge in [-0.3, -0.25) is 4.79 Å². The van der Waals surface area contributed by atoms with Crippen molar-refractivity contribution in [3.63, 3.8) is 0 Å². The molecule has 2 aromatic carbocycles. The highest BCUT2D eigenvalue weighted by Gasteiger charge is 2.13. The molecule has 0 heterocycles. The molecular weight excluding hydrogens is 265 g/mol. The zero-order valence-electron chi connectivity index (χ0n) is 12.6. The van der Waals surface area contributed by atoms with Gasteiger partial charge in [0, 0.05) is 0 Å². The SMILES string of the molecule is Cc1ccc(C)c([C@H](C)NC(=O)Cc2ccccc2F)c1. The minimum atomic E-state index is -0.341. The summed E-state index contributed by atoms with van der Waals surface area (Å²) in [6.07, 6.45) is 0.0574. The molecule has 0 aliphatic carbocycles. The van der Waals surface area contributed by atoms with Crippen LogP contribution < -0.4 is 5.32 Å². The van der Waals surface area contributed by atoms with E-state index in [1.165, 1.54) is 6.07 Å². The summed E-state index contributed by atoms with van der Waals surface area (Å²) in [5.41, 5.74) is 3.81. The van der Waals surface area contributed by atoms with Crippen LogP contribution in [0.25, 0.3) is 0 Å². The molecule has 0 spiro atoms. The third-order valence-corrected chi connectivity index (χ3v) is 3.59. The number of carbonyl (C=O) groups is 1. The highest BCUT2D eigenvalue weighted by atomic mass is 19.1. The summed E-state index contributed by atoms with van der Waals surface area (Å²) in [6.45, 7) is 5.99. The molecule has 2 aromatic rings. The van der Waals surface area contributed by atoms with Crippen molar-refractivity contribution < 1.29 is 9.18 Å². The van der Waals surface area contributed by atoms with E-state index in [0.717, 1.165) is 16.7 Å². The van der Waals surface area contributed by atoms with Gasteiger partial charge in [0.05, 0.1) is 12.5 Å². The molecule has 0 aliphatic heterocycles. The summed E-state index contributed by atoms with van der Waals surface area (Å²) in [5, 5.41) is 2.93. The second kappa shape index (κ2) is 6.53. The highest BCUT2D eigenvalue weighted by molar-refractivity contribution is 5.79. The largest absolute Gasteiger partial charge is 0.349 e. The zero-order valence-corrected chi connectivity index (χ0v) is 12.6. The number of nitrogens with one attached hydrogen (secondary N) is 1. The first kappa shape index (κ1) is 15.2. The van der Waals surface area contributed by atoms with Crippen LogP contribution in [0.3, 0.4) is 0 Å². The van der Waals surface area contributed by atoms with Crippen LogP contribution in [-0.2, 0) is 11.2 Å². The van der Waals surface area contributed by atoms with Crippen molar-refractivity contribution >= 4 is 5.91 Å². The molecule has 0 fully saturated rings. The summed E-state index contributed by atoms with van der Waals surface area (Å²) >= 11 is 0. The van der Waals surface area contributed by atoms with Gasteiger partial charge in [0.2, 0.25) is 5.91 Å². The topological polar surface area (TPSA) is 29.1 Å². The minimum absolute atomic E-state index is 0.0574. The summed E-state index contributed by atoms with van der Waals surface area (Å²) in [5.74, 6) is -0.513. The van der Waals surface area contributed by atoms with Crippen molar-refractivity contribution in [2.45, 2.75) is 33.2 Å². The predicted molar refractivity (Wildman–Crippen MR) is 82.6 cm³/mol. The Labute approximate surface area is 125 Å². The standard InChI is InChI=1S/C18H20FNO/c1-12-8-9-13(2)16(10-12)14(3)20-18(21)11-15-6-4-5-7-17(15)19/h4-10,14H,11H2,1-3H3,(H,20,21)/t14-/m0/s1. The van der Waals surface area contributed by atoms with E-state index in [1.54, 1.807) is 18.2 Å². The van der Waals surface area contributed by atoms with Crippen molar-refractivity contribution in [1.82, 2.24) is 5.32 Å². The van der Waals surface area contributed by atoms with Gasteiger partial charge in [-0.2, -0.15) is 0 Å². The van der Waals surface area contributed by atoms with E-state index in [9.17, 15) is 9.18 Å². The Bertz CT molecular complexity index is 651. The summed E-state index contributed by atoms with van der Waals surface area (Å²) < 4.78 is 13.5. The third-order valence-electron chi connectivity index (χ3n) is 3.59. The molecule has 2 rings (SSSR count). The lowest BCUT2D eigenvalue weighted by molar-refractivity contribution is -0.121. The number of carbonyl (C=O) groups excluding carboxylic acids is 1. The van der Waals surface area contributed by atoms with Gasteiger partial charge in [0.1, 0.15) is 5.82 Å². The van der Waals surface area contributed by atoms with Gasteiger partial charge >= 0.3 is 0 Å². The lowest BCUT2D eigenvalue weighted by Crippen LogP contribution is -2.28. The maximum atomic E-state index is 13.5. The Balaban J connectivity index is 2.06. The molecule has 1 N–H and O–H groups in total. The second-order valence-electron chi connectivity index (χ2n) is 5.42. The van der Waals surface area contributed by atoms with E-state index in [1.807, 2.05) is 32.9 Å². The Hall–Kier alpha value is -2.16. The smallest absolute Gasteiger partial charge is 0.225 e. The molecule has 0 bridgehead atoms. The number of benzene rings is 2. The van der Waals surface area contributed by atoms with Crippen LogP contribution in [-0.4, -0.2) is 5.91 Å². The molecule has 0 aliphatic rings. The van der Waals surface area contributed by atoms with Gasteiger partial charge < -0.3 is 5.32 Å². The summed E-state index contributed by atoms with van der Waals surface area (Å²) in [6, 6.07) is 12.4. The Morgan fingerprint density at radius 3 is 2.62 bits per heavy atom. The fourth-order valence-electron chi connectivity index (χ4n) is 2.41. The fraction of sp³-hybridized carbons (Fsp3) is 0.278. The fourth-order valence-corrected chi connectivity index (χ4v) is 2.41. The monoisotopic (exact) mass is 285 g/mol. The molecule has 110 valence electrons. The maximum Gasteiger partial charge on any atom is 0.225 e. The molecule has 0 saturated heterocycles. The number of amides is 1. The molecular formula is C18H20FNO. The van der Waals surface area contributed by atoms with E-state index in [4.69, 9.17) is 0 Å². The van der Waals surface area contributed by atoms with Crippen LogP contribution >= 0.6 is 0 Å². The second-order valence-corrected chi connectivity index (χ2v) is 5.42. The van der Waals surface area contributed by atoms with Crippen LogP contribution in [0, 0.1) is 19.7 Å². The summed E-state index contributed by atoms with van der Waals surface area (Å²) in [7, 11) is 0. The summed E-state index contributed by atoms with van der Waals surface area (Å²) in [4.78, 5) is 12.1. The molecule has 0 radical (unpaired) electrons. The zero-order chi connectivity index (χ0) is 15.4. The lowest BCUT2D eigenvalue weighted by atomic mass is 9.99. The molecule has 1 atom stereocenters. The van der Waals surface area contributed by atoms with Crippen molar-refractivity contribution in [2.24, 2.45) is 0 Å². The minimum Gasteiger partial charge on any atom is -0.349 e. The quantitative estimate of drug-likeness (QED) is 0.908. The number of rotatable bonds is 4. The Kier molecular flexibility index (Phi) is 4.73. The third kappa shape index (κ3) is 3.91. The predicted octanol–water partition coefficient (Wildman–Crippen LogP) is 3.86. The number of hydrogen-bond acceptors (Lipinski definition) is 1. The first-order valence-electron chi connectivity index (χ1n) is 7.07. The van der Waals surface area contributed by atoms with Gasteiger partial charge in [-0.25, -0.2) is 4.39 Å². The molecule has 1 amide bonds. The normalized spacial score (nSPS) is 12.0. The van der Waals surface area contributed by atoms with Crippen LogP contribution in [0.4, 0.5) is 4.39 Å². The molecule has 21 heavy (non-hydrogen) atoms. The van der Waals surface area contributed by atoms with Crippen LogP contribution in [0.2, 0.25) is 0 Å². The van der Waals surface area contributed by atoms with E-state index < -0.39 is 0 Å². The van der Waals surface area contributed by atoms with Crippen molar-refractivity contribution in [1.29, 1.82) is 0 Å². The van der Waals surface area contributed by atoms with Gasteiger partial charge in [0.15, 0.2) is 0 Å². The molecule has 0 unspecified atom stereocenters. The molecule has 0 aromatic heterocycles. The van der Waals surface area contributed by atoms with E-state index >= 15 is 0 Å². The number of hydrogen-bond donors (Lipinski definition) is 1. The van der Waals surface area contributed by atoms with E-state index in [2.05, 4.69) is 11.4 Å². The molecule has 0 saturated carbocycles. The van der Waals surface area contributed by atoms with E-state index in [0.29, 0.717) is 5.56 Å². The first-order chi connectivity index (χ1) is 9.97. The molecule has 3 heteroatoms. The molecule has 2 nitrogen and oxygen atoms in total. The maximum absolute atomic E-state index is 13.5. The van der Waals surface area contributed by atoms with Crippen LogP contribution in [0.1, 0.15) is 35.2 Å². The number of aryl methyl sites for hydroxylation is 2. The highest BCUT2D eigenvalue weighted by Crippen LogP contribution is 2.19. The van der Waals surface area contributed by atoms with Gasteiger partial charge in [0.25, 0.3) is 0 Å². The first-order valence-corrected chi connectivity index (χ1v) is 7.07. The average Bonchev–Trinajstić information content (AvgIpc) is 2.44. The van der Waals surface area contributed by atoms with Crippen LogP contribution in [0.5, 0.6) is 0 Å². The van der Waals surface area contributed by atoms with Crippen molar-refractivity contribution in [3.05, 3.63) is 70.5 Å². The van der Waals surface area contributed by atoms with Crippen LogP contribution in [0.15, 0.2) is 42.5 Å².